The number of carboxylic acids is 1. The lowest BCUT2D eigenvalue weighted by molar-refractivity contribution is -0.303. The van der Waals surface area contributed by atoms with Gasteiger partial charge in [0.05, 0.1) is 35.4 Å². The Morgan fingerprint density at radius 2 is 1.84 bits per heavy atom. The summed E-state index contributed by atoms with van der Waals surface area (Å²) >= 11 is 11.8. The van der Waals surface area contributed by atoms with Crippen LogP contribution in [0.5, 0.6) is 5.75 Å². The molecule has 0 spiro atoms. The molecule has 0 saturated carbocycles. The van der Waals surface area contributed by atoms with Gasteiger partial charge in [-0.25, -0.2) is 8.42 Å². The molecule has 0 N–H and O–H groups in total. The van der Waals surface area contributed by atoms with Gasteiger partial charge in [-0.2, -0.15) is 0 Å². The number of anilines is 1. The number of rotatable bonds is 6. The number of sulfonamides is 1. The molecule has 0 aromatic heterocycles. The number of hydrogen-bond acceptors (Lipinski definition) is 5. The van der Waals surface area contributed by atoms with Gasteiger partial charge in [-0.1, -0.05) is 29.3 Å². The van der Waals surface area contributed by atoms with E-state index in [9.17, 15) is 18.3 Å². The molecule has 2 aromatic carbocycles. The Morgan fingerprint density at radius 1 is 1.16 bits per heavy atom. The van der Waals surface area contributed by atoms with E-state index < -0.39 is 22.5 Å². The number of benzene rings is 2. The summed E-state index contributed by atoms with van der Waals surface area (Å²) in [7, 11) is -2.93. The van der Waals surface area contributed by atoms with E-state index in [4.69, 9.17) is 27.9 Å². The SMILES string of the molecule is COc1ccc(C)cc1S(=O)(=O)N(CC(=O)[O-])c1ccc(Cl)c(Cl)c1. The van der Waals surface area contributed by atoms with Crippen LogP contribution in [0.15, 0.2) is 41.3 Å². The zero-order valence-corrected chi connectivity index (χ0v) is 15.7. The standard InChI is InChI=1S/C16H15Cl2NO5S/c1-10-3-6-14(24-2)15(7-10)25(22,23)19(9-16(20)21)11-4-5-12(17)13(18)8-11/h3-8H,9H2,1-2H3,(H,20,21)/p-1. The third-order valence-electron chi connectivity index (χ3n) is 3.35. The van der Waals surface area contributed by atoms with Crippen molar-refractivity contribution in [1.29, 1.82) is 0 Å². The monoisotopic (exact) mass is 402 g/mol. The van der Waals surface area contributed by atoms with E-state index in [2.05, 4.69) is 0 Å². The second kappa shape index (κ2) is 7.51. The molecule has 0 saturated heterocycles. The van der Waals surface area contributed by atoms with E-state index in [0.29, 0.717) is 9.87 Å². The first-order valence-electron chi connectivity index (χ1n) is 6.99. The van der Waals surface area contributed by atoms with E-state index in [-0.39, 0.29) is 26.4 Å². The van der Waals surface area contributed by atoms with E-state index in [1.54, 1.807) is 13.0 Å². The maximum absolute atomic E-state index is 13.1. The number of carbonyl (C=O) groups is 1. The Morgan fingerprint density at radius 3 is 2.40 bits per heavy atom. The first-order valence-corrected chi connectivity index (χ1v) is 9.18. The maximum Gasteiger partial charge on any atom is 0.268 e. The molecule has 25 heavy (non-hydrogen) atoms. The molecule has 9 heteroatoms. The van der Waals surface area contributed by atoms with Crippen molar-refractivity contribution < 1.29 is 23.1 Å². The molecular weight excluding hydrogens is 389 g/mol. The van der Waals surface area contributed by atoms with Crippen LogP contribution < -0.4 is 14.1 Å². The van der Waals surface area contributed by atoms with Crippen LogP contribution in [0.3, 0.4) is 0 Å². The van der Waals surface area contributed by atoms with Crippen LogP contribution in [-0.4, -0.2) is 28.0 Å². The van der Waals surface area contributed by atoms with Crippen LogP contribution in [0.4, 0.5) is 5.69 Å². The Kier molecular flexibility index (Phi) is 5.82. The Hall–Kier alpha value is -1.96. The van der Waals surface area contributed by atoms with Crippen molar-refractivity contribution in [1.82, 2.24) is 0 Å². The molecule has 0 heterocycles. The van der Waals surface area contributed by atoms with E-state index in [1.165, 1.54) is 37.4 Å². The zero-order valence-electron chi connectivity index (χ0n) is 13.3. The predicted molar refractivity (Wildman–Crippen MR) is 93.7 cm³/mol. The Bertz CT molecular complexity index is 915. The van der Waals surface area contributed by atoms with Crippen LogP contribution in [0.25, 0.3) is 0 Å². The predicted octanol–water partition coefficient (Wildman–Crippen LogP) is 2.26. The third-order valence-corrected chi connectivity index (χ3v) is 5.89. The van der Waals surface area contributed by atoms with Gasteiger partial charge in [0.15, 0.2) is 0 Å². The highest BCUT2D eigenvalue weighted by Crippen LogP contribution is 2.33. The molecule has 2 rings (SSSR count). The van der Waals surface area contributed by atoms with Crippen LogP contribution in [0.2, 0.25) is 10.0 Å². The van der Waals surface area contributed by atoms with Crippen LogP contribution in [0.1, 0.15) is 5.56 Å². The minimum Gasteiger partial charge on any atom is -0.548 e. The van der Waals surface area contributed by atoms with Crippen molar-refractivity contribution >= 4 is 44.9 Å². The fraction of sp³-hybridized carbons (Fsp3) is 0.188. The summed E-state index contributed by atoms with van der Waals surface area (Å²) in [5, 5.41) is 11.4. The fourth-order valence-corrected chi connectivity index (χ4v) is 4.11. The second-order valence-corrected chi connectivity index (χ2v) is 7.78. The highest BCUT2D eigenvalue weighted by molar-refractivity contribution is 7.93. The summed E-state index contributed by atoms with van der Waals surface area (Å²) in [6, 6.07) is 8.58. The number of aliphatic carboxylic acids is 1. The molecule has 6 nitrogen and oxygen atoms in total. The van der Waals surface area contributed by atoms with E-state index in [1.807, 2.05) is 0 Å². The quantitative estimate of drug-likeness (QED) is 0.739. The molecule has 2 aromatic rings. The Balaban J connectivity index is 2.66. The third kappa shape index (κ3) is 4.18. The fourth-order valence-electron chi connectivity index (χ4n) is 2.18. The van der Waals surface area contributed by atoms with Crippen LogP contribution in [-0.2, 0) is 14.8 Å². The molecule has 0 aliphatic heterocycles. The lowest BCUT2D eigenvalue weighted by Gasteiger charge is -2.26. The summed E-state index contributed by atoms with van der Waals surface area (Å²) in [6.45, 7) is 0.818. The molecule has 0 unspecified atom stereocenters. The highest BCUT2D eigenvalue weighted by Gasteiger charge is 2.29. The van der Waals surface area contributed by atoms with Crippen molar-refractivity contribution in [2.24, 2.45) is 0 Å². The smallest absolute Gasteiger partial charge is 0.268 e. The number of halogens is 2. The average Bonchev–Trinajstić information content (AvgIpc) is 2.55. The van der Waals surface area contributed by atoms with Gasteiger partial charge in [-0.3, -0.25) is 4.31 Å². The van der Waals surface area contributed by atoms with Gasteiger partial charge in [0.2, 0.25) is 0 Å². The van der Waals surface area contributed by atoms with E-state index in [0.717, 1.165) is 0 Å². The molecule has 0 aliphatic rings. The lowest BCUT2D eigenvalue weighted by atomic mass is 10.2. The van der Waals surface area contributed by atoms with Gasteiger partial charge in [-0.15, -0.1) is 0 Å². The number of hydrogen-bond donors (Lipinski definition) is 0. The number of ether oxygens (including phenoxy) is 1. The van der Waals surface area contributed by atoms with Crippen molar-refractivity contribution in [3.05, 3.63) is 52.0 Å². The van der Waals surface area contributed by atoms with Gasteiger partial charge in [-0.05, 0) is 42.8 Å². The number of methoxy groups -OCH3 is 1. The molecule has 0 fully saturated rings. The topological polar surface area (TPSA) is 86.7 Å². The molecule has 0 bridgehead atoms. The summed E-state index contributed by atoms with van der Waals surface area (Å²) in [6.07, 6.45) is 0. The normalized spacial score (nSPS) is 11.2. The van der Waals surface area contributed by atoms with Gasteiger partial charge >= 0.3 is 0 Å². The molecule has 0 amide bonds. The first-order chi connectivity index (χ1) is 11.7. The van der Waals surface area contributed by atoms with Gasteiger partial charge < -0.3 is 14.6 Å². The number of nitrogens with zero attached hydrogens (tertiary/aromatic N) is 1. The number of aryl methyl sites for hydroxylation is 1. The highest BCUT2D eigenvalue weighted by atomic mass is 35.5. The van der Waals surface area contributed by atoms with Crippen LogP contribution in [0, 0.1) is 6.92 Å². The van der Waals surface area contributed by atoms with Crippen LogP contribution >= 0.6 is 23.2 Å². The number of carboxylic acid groups (broad SMARTS) is 1. The molecular formula is C16H14Cl2NO5S-. The van der Waals surface area contributed by atoms with E-state index >= 15 is 0 Å². The molecule has 0 radical (unpaired) electrons. The lowest BCUT2D eigenvalue weighted by Crippen LogP contribution is -2.41. The molecule has 134 valence electrons. The first kappa shape index (κ1) is 19.4. The minimum atomic E-state index is -4.26. The summed E-state index contributed by atoms with van der Waals surface area (Å²) in [5.74, 6) is -1.48. The van der Waals surface area contributed by atoms with Gasteiger partial charge in [0.25, 0.3) is 10.0 Å². The van der Waals surface area contributed by atoms with Crippen molar-refractivity contribution in [3.8, 4) is 5.75 Å². The van der Waals surface area contributed by atoms with Crippen molar-refractivity contribution in [2.75, 3.05) is 18.0 Å². The molecule has 0 aliphatic carbocycles. The largest absolute Gasteiger partial charge is 0.548 e. The van der Waals surface area contributed by atoms with Gasteiger partial charge in [0, 0.05) is 0 Å². The second-order valence-electron chi connectivity index (χ2n) is 5.14. The Labute approximate surface area is 155 Å². The molecule has 0 atom stereocenters. The van der Waals surface area contributed by atoms with Crippen molar-refractivity contribution in [3.63, 3.8) is 0 Å². The zero-order chi connectivity index (χ0) is 18.8. The number of carbonyl (C=O) groups excluding carboxylic acids is 1. The van der Waals surface area contributed by atoms with Crippen molar-refractivity contribution in [2.45, 2.75) is 11.8 Å². The maximum atomic E-state index is 13.1. The van der Waals surface area contributed by atoms with Gasteiger partial charge in [0.1, 0.15) is 10.6 Å². The average molecular weight is 403 g/mol. The summed E-state index contributed by atoms with van der Waals surface area (Å²) < 4.78 is 31.9. The summed E-state index contributed by atoms with van der Waals surface area (Å²) in [5.41, 5.74) is 0.712. The summed E-state index contributed by atoms with van der Waals surface area (Å²) in [4.78, 5) is 11.0. The minimum absolute atomic E-state index is 0.0437.